The fourth-order valence-corrected chi connectivity index (χ4v) is 2.95. The summed E-state index contributed by atoms with van der Waals surface area (Å²) in [7, 11) is 0. The van der Waals surface area contributed by atoms with Gasteiger partial charge in [-0.3, -0.25) is 9.69 Å². The first-order valence-corrected chi connectivity index (χ1v) is 6.88. The summed E-state index contributed by atoms with van der Waals surface area (Å²) in [5.74, 6) is 0.872. The van der Waals surface area contributed by atoms with Crippen LogP contribution in [0.15, 0.2) is 0 Å². The number of carbonyl (C=O) groups excluding carboxylic acids is 1. The number of amides is 1. The van der Waals surface area contributed by atoms with Crippen molar-refractivity contribution >= 4 is 5.91 Å². The lowest BCUT2D eigenvalue weighted by Crippen LogP contribution is -2.45. The van der Waals surface area contributed by atoms with Crippen LogP contribution in [0.4, 0.5) is 0 Å². The molecule has 2 N–H and O–H groups in total. The molecule has 4 nitrogen and oxygen atoms in total. The van der Waals surface area contributed by atoms with Gasteiger partial charge in [-0.05, 0) is 45.6 Å². The first-order valence-electron chi connectivity index (χ1n) is 6.88. The van der Waals surface area contributed by atoms with Crippen LogP contribution in [-0.4, -0.2) is 54.0 Å². The molecule has 0 aromatic carbocycles. The van der Waals surface area contributed by atoms with Crippen LogP contribution in [0, 0.1) is 5.92 Å². The monoisotopic (exact) mass is 239 g/mol. The number of hydrogen-bond acceptors (Lipinski definition) is 3. The van der Waals surface area contributed by atoms with Crippen LogP contribution in [-0.2, 0) is 4.79 Å². The Morgan fingerprint density at radius 1 is 1.24 bits per heavy atom. The fourth-order valence-electron chi connectivity index (χ4n) is 2.95. The van der Waals surface area contributed by atoms with Gasteiger partial charge in [0.15, 0.2) is 0 Å². The van der Waals surface area contributed by atoms with Gasteiger partial charge >= 0.3 is 0 Å². The third-order valence-corrected chi connectivity index (χ3v) is 4.32. The third-order valence-electron chi connectivity index (χ3n) is 4.32. The van der Waals surface area contributed by atoms with Crippen molar-refractivity contribution in [3.05, 3.63) is 0 Å². The van der Waals surface area contributed by atoms with Crippen molar-refractivity contribution in [2.45, 2.75) is 45.2 Å². The number of carbonyl (C=O) groups is 1. The molecule has 98 valence electrons. The van der Waals surface area contributed by atoms with E-state index in [1.807, 2.05) is 11.8 Å². The van der Waals surface area contributed by atoms with Gasteiger partial charge in [0.1, 0.15) is 0 Å². The Morgan fingerprint density at radius 2 is 1.88 bits per heavy atom. The van der Waals surface area contributed by atoms with E-state index >= 15 is 0 Å². The predicted molar refractivity (Wildman–Crippen MR) is 68.6 cm³/mol. The highest BCUT2D eigenvalue weighted by atomic mass is 16.2. The van der Waals surface area contributed by atoms with E-state index in [2.05, 4.69) is 11.8 Å². The van der Waals surface area contributed by atoms with Gasteiger partial charge in [-0.2, -0.15) is 0 Å². The minimum atomic E-state index is 0.0387. The molecule has 4 heteroatoms. The van der Waals surface area contributed by atoms with Crippen LogP contribution in [0.3, 0.4) is 0 Å². The van der Waals surface area contributed by atoms with Gasteiger partial charge in [0.2, 0.25) is 5.91 Å². The van der Waals surface area contributed by atoms with Crippen LogP contribution in [0.2, 0.25) is 0 Å². The molecule has 2 rings (SSSR count). The van der Waals surface area contributed by atoms with Gasteiger partial charge in [-0.1, -0.05) is 0 Å². The quantitative estimate of drug-likeness (QED) is 0.787. The minimum absolute atomic E-state index is 0.0387. The zero-order valence-electron chi connectivity index (χ0n) is 11.1. The molecule has 2 saturated heterocycles. The number of hydrogen-bond donors (Lipinski definition) is 1. The molecule has 0 saturated carbocycles. The van der Waals surface area contributed by atoms with Gasteiger partial charge in [0, 0.05) is 25.7 Å². The molecule has 3 atom stereocenters. The minimum Gasteiger partial charge on any atom is -0.341 e. The maximum Gasteiger partial charge on any atom is 0.239 e. The van der Waals surface area contributed by atoms with E-state index in [1.165, 1.54) is 12.8 Å². The van der Waals surface area contributed by atoms with Crippen molar-refractivity contribution in [2.75, 3.05) is 26.2 Å². The lowest BCUT2D eigenvalue weighted by Gasteiger charge is -2.28. The van der Waals surface area contributed by atoms with Crippen LogP contribution < -0.4 is 5.73 Å². The maximum absolute atomic E-state index is 12.3. The van der Waals surface area contributed by atoms with Crippen LogP contribution >= 0.6 is 0 Å². The Hall–Kier alpha value is -0.610. The van der Waals surface area contributed by atoms with Gasteiger partial charge in [-0.15, -0.1) is 0 Å². The second-order valence-electron chi connectivity index (χ2n) is 5.61. The second-order valence-corrected chi connectivity index (χ2v) is 5.61. The highest BCUT2D eigenvalue weighted by Gasteiger charge is 2.33. The van der Waals surface area contributed by atoms with Crippen molar-refractivity contribution in [1.82, 2.24) is 9.80 Å². The summed E-state index contributed by atoms with van der Waals surface area (Å²) >= 11 is 0. The van der Waals surface area contributed by atoms with Gasteiger partial charge in [-0.25, -0.2) is 0 Å². The Kier molecular flexibility index (Phi) is 4.05. The van der Waals surface area contributed by atoms with E-state index in [0.29, 0.717) is 11.8 Å². The zero-order chi connectivity index (χ0) is 12.4. The Morgan fingerprint density at radius 3 is 2.41 bits per heavy atom. The summed E-state index contributed by atoms with van der Waals surface area (Å²) < 4.78 is 0. The summed E-state index contributed by atoms with van der Waals surface area (Å²) in [4.78, 5) is 16.6. The number of nitrogens with zero attached hydrogens (tertiary/aromatic N) is 2. The molecule has 3 unspecified atom stereocenters. The lowest BCUT2D eigenvalue weighted by molar-refractivity contribution is -0.135. The molecule has 0 bridgehead atoms. The number of rotatable bonds is 3. The highest BCUT2D eigenvalue weighted by molar-refractivity contribution is 5.81. The Labute approximate surface area is 104 Å². The van der Waals surface area contributed by atoms with E-state index in [4.69, 9.17) is 5.73 Å². The average molecular weight is 239 g/mol. The van der Waals surface area contributed by atoms with E-state index in [-0.39, 0.29) is 12.1 Å². The summed E-state index contributed by atoms with van der Waals surface area (Å²) in [6, 6.07) is 0.283. The van der Waals surface area contributed by atoms with E-state index < -0.39 is 0 Å². The number of likely N-dealkylation sites (tertiary alicyclic amines) is 2. The molecule has 2 heterocycles. The van der Waals surface area contributed by atoms with Crippen molar-refractivity contribution < 1.29 is 4.79 Å². The molecular weight excluding hydrogens is 214 g/mol. The molecule has 1 amide bonds. The zero-order valence-corrected chi connectivity index (χ0v) is 11.1. The van der Waals surface area contributed by atoms with Gasteiger partial charge in [0.05, 0.1) is 6.04 Å². The molecule has 0 aromatic heterocycles. The van der Waals surface area contributed by atoms with Crippen molar-refractivity contribution in [3.63, 3.8) is 0 Å². The van der Waals surface area contributed by atoms with Crippen LogP contribution in [0.5, 0.6) is 0 Å². The van der Waals surface area contributed by atoms with E-state index in [1.54, 1.807) is 0 Å². The molecule has 2 fully saturated rings. The van der Waals surface area contributed by atoms with E-state index in [0.717, 1.165) is 32.6 Å². The van der Waals surface area contributed by atoms with Crippen LogP contribution in [0.1, 0.15) is 33.1 Å². The van der Waals surface area contributed by atoms with Crippen molar-refractivity contribution in [1.29, 1.82) is 0 Å². The lowest BCUT2D eigenvalue weighted by atomic mass is 10.0. The average Bonchev–Trinajstić information content (AvgIpc) is 2.97. The number of nitrogens with two attached hydrogens (primary N) is 1. The second kappa shape index (κ2) is 5.36. The molecule has 0 radical (unpaired) electrons. The standard InChI is InChI=1S/C13H25N3O/c1-10(14)12-5-8-16(9-12)11(2)13(17)15-6-3-4-7-15/h10-12H,3-9,14H2,1-2H3. The Bertz CT molecular complexity index is 274. The Balaban J connectivity index is 1.87. The maximum atomic E-state index is 12.3. The summed E-state index contributed by atoms with van der Waals surface area (Å²) in [6.45, 7) is 8.03. The molecule has 2 aliphatic heterocycles. The molecule has 2 aliphatic rings. The predicted octanol–water partition coefficient (Wildman–Crippen LogP) is 0.666. The summed E-state index contributed by atoms with van der Waals surface area (Å²) in [5, 5.41) is 0. The summed E-state index contributed by atoms with van der Waals surface area (Å²) in [6.07, 6.45) is 3.47. The molecule has 0 aromatic rings. The fraction of sp³-hybridized carbons (Fsp3) is 0.923. The highest BCUT2D eigenvalue weighted by Crippen LogP contribution is 2.22. The van der Waals surface area contributed by atoms with E-state index in [9.17, 15) is 4.79 Å². The van der Waals surface area contributed by atoms with Crippen molar-refractivity contribution in [3.8, 4) is 0 Å². The normalized spacial score (nSPS) is 29.6. The molecule has 0 spiro atoms. The van der Waals surface area contributed by atoms with Crippen LogP contribution in [0.25, 0.3) is 0 Å². The van der Waals surface area contributed by atoms with Crippen molar-refractivity contribution in [2.24, 2.45) is 11.7 Å². The topological polar surface area (TPSA) is 49.6 Å². The smallest absolute Gasteiger partial charge is 0.239 e. The first-order chi connectivity index (χ1) is 8.09. The first kappa shape index (κ1) is 12.8. The van der Waals surface area contributed by atoms with Gasteiger partial charge < -0.3 is 10.6 Å². The SMILES string of the molecule is CC(N)C1CCN(C(C)C(=O)N2CCCC2)C1. The molecular formula is C13H25N3O. The van der Waals surface area contributed by atoms with Gasteiger partial charge in [0.25, 0.3) is 0 Å². The largest absolute Gasteiger partial charge is 0.341 e. The molecule has 0 aliphatic carbocycles. The molecule has 17 heavy (non-hydrogen) atoms. The summed E-state index contributed by atoms with van der Waals surface area (Å²) in [5.41, 5.74) is 5.94. The third kappa shape index (κ3) is 2.80.